The summed E-state index contributed by atoms with van der Waals surface area (Å²) in [6.45, 7) is -0.108. The Balaban J connectivity index is 2.65. The Morgan fingerprint density at radius 3 is 3.07 bits per heavy atom. The fourth-order valence-corrected chi connectivity index (χ4v) is 1.62. The molecule has 4 nitrogen and oxygen atoms in total. The average Bonchev–Trinajstić information content (AvgIpc) is 2.59. The first-order chi connectivity index (χ1) is 6.74. The lowest BCUT2D eigenvalue weighted by atomic mass is 10.1. The number of rotatable bonds is 2. The zero-order valence-electron chi connectivity index (χ0n) is 7.37. The highest BCUT2D eigenvalue weighted by Gasteiger charge is 2.12. The molecule has 0 radical (unpaired) electrons. The summed E-state index contributed by atoms with van der Waals surface area (Å²) in [5.74, 6) is 0. The Labute approximate surface area is 85.7 Å². The Bertz CT molecular complexity index is 454. The van der Waals surface area contributed by atoms with E-state index >= 15 is 0 Å². The van der Waals surface area contributed by atoms with Crippen LogP contribution in [0.25, 0.3) is 10.9 Å². The van der Waals surface area contributed by atoms with Crippen LogP contribution in [0.1, 0.15) is 11.6 Å². The summed E-state index contributed by atoms with van der Waals surface area (Å²) in [7, 11) is 0. The number of benzene rings is 1. The molecule has 74 valence electrons. The second kappa shape index (κ2) is 3.57. The summed E-state index contributed by atoms with van der Waals surface area (Å²) in [6.07, 6.45) is 0. The molecule has 2 rings (SSSR count). The fourth-order valence-electron chi connectivity index (χ4n) is 1.43. The van der Waals surface area contributed by atoms with Crippen LogP contribution in [-0.2, 0) is 0 Å². The van der Waals surface area contributed by atoms with Crippen molar-refractivity contribution < 1.29 is 5.11 Å². The first-order valence-electron chi connectivity index (χ1n) is 4.23. The highest BCUT2D eigenvalue weighted by atomic mass is 35.5. The summed E-state index contributed by atoms with van der Waals surface area (Å²) >= 11 is 5.87. The van der Waals surface area contributed by atoms with Gasteiger partial charge in [-0.25, -0.2) is 0 Å². The molecule has 1 unspecified atom stereocenters. The predicted molar refractivity (Wildman–Crippen MR) is 55.1 cm³/mol. The molecule has 1 aromatic heterocycles. The largest absolute Gasteiger partial charge is 0.394 e. The van der Waals surface area contributed by atoms with Gasteiger partial charge in [0.25, 0.3) is 0 Å². The zero-order valence-corrected chi connectivity index (χ0v) is 8.12. The molecule has 0 fully saturated rings. The predicted octanol–water partition coefficient (Wildman–Crippen LogP) is 1.21. The van der Waals surface area contributed by atoms with Crippen LogP contribution in [0.15, 0.2) is 18.2 Å². The van der Waals surface area contributed by atoms with E-state index in [9.17, 15) is 0 Å². The molecule has 0 spiro atoms. The summed E-state index contributed by atoms with van der Waals surface area (Å²) < 4.78 is 0. The van der Waals surface area contributed by atoms with Gasteiger partial charge in [-0.05, 0) is 11.6 Å². The third-order valence-electron chi connectivity index (χ3n) is 2.17. The standard InChI is InChI=1S/C9H10ClN3O/c10-9-6-3-1-2-5(7(11)4-14)8(6)12-13-9/h1-3,7,14H,4,11H2,(H,12,13). The van der Waals surface area contributed by atoms with E-state index in [4.69, 9.17) is 22.4 Å². The molecular formula is C9H10ClN3O. The van der Waals surface area contributed by atoms with Crippen molar-refractivity contribution >= 4 is 22.5 Å². The van der Waals surface area contributed by atoms with Gasteiger partial charge in [-0.2, -0.15) is 5.10 Å². The number of hydrogen-bond donors (Lipinski definition) is 3. The monoisotopic (exact) mass is 211 g/mol. The number of aromatic nitrogens is 2. The molecular weight excluding hydrogens is 202 g/mol. The van der Waals surface area contributed by atoms with Gasteiger partial charge in [0.05, 0.1) is 18.2 Å². The third kappa shape index (κ3) is 1.37. The third-order valence-corrected chi connectivity index (χ3v) is 2.45. The van der Waals surface area contributed by atoms with Crippen LogP contribution in [0.4, 0.5) is 0 Å². The van der Waals surface area contributed by atoms with Crippen molar-refractivity contribution in [2.45, 2.75) is 6.04 Å². The number of nitrogens with one attached hydrogen (secondary N) is 1. The molecule has 0 bridgehead atoms. The quantitative estimate of drug-likeness (QED) is 0.699. The maximum atomic E-state index is 8.96. The van der Waals surface area contributed by atoms with E-state index in [0.29, 0.717) is 5.15 Å². The lowest BCUT2D eigenvalue weighted by Crippen LogP contribution is -2.14. The van der Waals surface area contributed by atoms with Crippen molar-refractivity contribution in [3.8, 4) is 0 Å². The molecule has 1 atom stereocenters. The maximum absolute atomic E-state index is 8.96. The van der Waals surface area contributed by atoms with Crippen molar-refractivity contribution in [2.75, 3.05) is 6.61 Å². The molecule has 0 aliphatic heterocycles. The number of nitrogens with zero attached hydrogens (tertiary/aromatic N) is 1. The van der Waals surface area contributed by atoms with Crippen molar-refractivity contribution in [3.05, 3.63) is 28.9 Å². The van der Waals surface area contributed by atoms with Crippen LogP contribution >= 0.6 is 11.6 Å². The molecule has 14 heavy (non-hydrogen) atoms. The van der Waals surface area contributed by atoms with Gasteiger partial charge in [0.1, 0.15) is 5.15 Å². The van der Waals surface area contributed by atoms with Crippen LogP contribution in [-0.4, -0.2) is 21.9 Å². The van der Waals surface area contributed by atoms with Crippen LogP contribution < -0.4 is 5.73 Å². The number of hydrogen-bond acceptors (Lipinski definition) is 3. The molecule has 0 saturated carbocycles. The van der Waals surface area contributed by atoms with Gasteiger partial charge < -0.3 is 10.8 Å². The van der Waals surface area contributed by atoms with Gasteiger partial charge in [0.15, 0.2) is 0 Å². The van der Waals surface area contributed by atoms with Gasteiger partial charge in [-0.3, -0.25) is 5.10 Å². The smallest absolute Gasteiger partial charge is 0.132 e. The normalized spacial score (nSPS) is 13.4. The summed E-state index contributed by atoms with van der Waals surface area (Å²) in [4.78, 5) is 0. The Morgan fingerprint density at radius 2 is 2.36 bits per heavy atom. The minimum Gasteiger partial charge on any atom is -0.394 e. The highest BCUT2D eigenvalue weighted by molar-refractivity contribution is 6.34. The highest BCUT2D eigenvalue weighted by Crippen LogP contribution is 2.25. The number of H-pyrrole nitrogens is 1. The van der Waals surface area contributed by atoms with Gasteiger partial charge in [-0.1, -0.05) is 23.7 Å². The second-order valence-corrected chi connectivity index (χ2v) is 3.45. The topological polar surface area (TPSA) is 74.9 Å². The van der Waals surface area contributed by atoms with Crippen molar-refractivity contribution in [2.24, 2.45) is 5.73 Å². The van der Waals surface area contributed by atoms with E-state index in [-0.39, 0.29) is 6.61 Å². The van der Waals surface area contributed by atoms with Crippen LogP contribution in [0, 0.1) is 0 Å². The summed E-state index contributed by atoms with van der Waals surface area (Å²) in [5.41, 5.74) is 7.24. The summed E-state index contributed by atoms with van der Waals surface area (Å²) in [5, 5.41) is 17.0. The number of fused-ring (bicyclic) bond motifs is 1. The van der Waals surface area contributed by atoms with E-state index in [1.54, 1.807) is 0 Å². The van der Waals surface area contributed by atoms with E-state index in [1.807, 2.05) is 18.2 Å². The fraction of sp³-hybridized carbons (Fsp3) is 0.222. The maximum Gasteiger partial charge on any atom is 0.132 e. The van der Waals surface area contributed by atoms with Crippen molar-refractivity contribution in [1.82, 2.24) is 10.2 Å². The molecule has 2 aromatic rings. The lowest BCUT2D eigenvalue weighted by molar-refractivity contribution is 0.268. The molecule has 0 amide bonds. The van der Waals surface area contributed by atoms with Gasteiger partial charge >= 0.3 is 0 Å². The molecule has 0 aliphatic rings. The number of aliphatic hydroxyl groups is 1. The van der Waals surface area contributed by atoms with Gasteiger partial charge in [0, 0.05) is 5.39 Å². The first kappa shape index (κ1) is 9.45. The summed E-state index contributed by atoms with van der Waals surface area (Å²) in [6, 6.07) is 5.11. The number of para-hydroxylation sites is 1. The molecule has 1 heterocycles. The Kier molecular flexibility index (Phi) is 2.41. The van der Waals surface area contributed by atoms with E-state index in [1.165, 1.54) is 0 Å². The van der Waals surface area contributed by atoms with Gasteiger partial charge in [-0.15, -0.1) is 0 Å². The number of nitrogens with two attached hydrogens (primary N) is 1. The van der Waals surface area contributed by atoms with E-state index in [0.717, 1.165) is 16.5 Å². The Hall–Kier alpha value is -1.10. The molecule has 5 heteroatoms. The number of aliphatic hydroxyl groups excluding tert-OH is 1. The first-order valence-corrected chi connectivity index (χ1v) is 4.60. The van der Waals surface area contributed by atoms with Crippen LogP contribution in [0.2, 0.25) is 5.15 Å². The van der Waals surface area contributed by atoms with E-state index < -0.39 is 6.04 Å². The SMILES string of the molecule is NC(CO)c1cccc2c(Cl)[nH]nc12. The molecule has 0 aliphatic carbocycles. The van der Waals surface area contributed by atoms with Gasteiger partial charge in [0.2, 0.25) is 0 Å². The van der Waals surface area contributed by atoms with E-state index in [2.05, 4.69) is 10.2 Å². The average molecular weight is 212 g/mol. The van der Waals surface area contributed by atoms with Crippen LogP contribution in [0.3, 0.4) is 0 Å². The molecule has 4 N–H and O–H groups in total. The molecule has 0 saturated heterocycles. The lowest BCUT2D eigenvalue weighted by Gasteiger charge is -2.08. The van der Waals surface area contributed by atoms with Crippen LogP contribution in [0.5, 0.6) is 0 Å². The van der Waals surface area contributed by atoms with Crippen molar-refractivity contribution in [3.63, 3.8) is 0 Å². The number of halogens is 1. The second-order valence-electron chi connectivity index (χ2n) is 3.07. The minimum absolute atomic E-state index is 0.108. The number of aromatic amines is 1. The van der Waals surface area contributed by atoms with Crippen molar-refractivity contribution in [1.29, 1.82) is 0 Å². The minimum atomic E-state index is -0.418. The zero-order chi connectivity index (χ0) is 10.1. The molecule has 1 aromatic carbocycles. The Morgan fingerprint density at radius 1 is 1.57 bits per heavy atom.